The minimum Gasteiger partial charge on any atom is -0.439 e. The van der Waals surface area contributed by atoms with Gasteiger partial charge in [0.05, 0.1) is 19.3 Å². The zero-order valence-electron chi connectivity index (χ0n) is 15.6. The number of oxazole rings is 1. The number of aromatic nitrogens is 1. The SMILES string of the molecule is Cc1cccc(NC(=O)CN(C)Cc2ncc(-c3ccc(F)cc3)o2)c1C. The number of hydrogen-bond acceptors (Lipinski definition) is 4. The van der Waals surface area contributed by atoms with Crippen LogP contribution >= 0.6 is 0 Å². The van der Waals surface area contributed by atoms with Gasteiger partial charge >= 0.3 is 0 Å². The van der Waals surface area contributed by atoms with Crippen molar-refractivity contribution in [1.29, 1.82) is 0 Å². The Morgan fingerprint density at radius 1 is 1.19 bits per heavy atom. The maximum atomic E-state index is 13.0. The van der Waals surface area contributed by atoms with Gasteiger partial charge in [0.2, 0.25) is 11.8 Å². The smallest absolute Gasteiger partial charge is 0.238 e. The summed E-state index contributed by atoms with van der Waals surface area (Å²) < 4.78 is 18.7. The third-order valence-electron chi connectivity index (χ3n) is 4.38. The highest BCUT2D eigenvalue weighted by atomic mass is 19.1. The van der Waals surface area contributed by atoms with E-state index in [4.69, 9.17) is 4.42 Å². The van der Waals surface area contributed by atoms with Crippen LogP contribution in [0.15, 0.2) is 53.1 Å². The Kier molecular flexibility index (Phi) is 5.66. The van der Waals surface area contributed by atoms with Gasteiger partial charge in [0.15, 0.2) is 5.76 Å². The number of likely N-dealkylation sites (N-methyl/N-ethyl adjacent to an activating group) is 1. The molecule has 2 aromatic carbocycles. The lowest BCUT2D eigenvalue weighted by Crippen LogP contribution is -2.30. The number of nitrogens with one attached hydrogen (secondary N) is 1. The van der Waals surface area contributed by atoms with E-state index in [9.17, 15) is 9.18 Å². The molecule has 0 unspecified atom stereocenters. The van der Waals surface area contributed by atoms with E-state index >= 15 is 0 Å². The highest BCUT2D eigenvalue weighted by molar-refractivity contribution is 5.93. The van der Waals surface area contributed by atoms with Gasteiger partial charge in [-0.1, -0.05) is 12.1 Å². The molecular formula is C21H22FN3O2. The Bertz CT molecular complexity index is 935. The van der Waals surface area contributed by atoms with Crippen LogP contribution in [-0.4, -0.2) is 29.4 Å². The monoisotopic (exact) mass is 367 g/mol. The van der Waals surface area contributed by atoms with Crippen LogP contribution in [0.5, 0.6) is 0 Å². The van der Waals surface area contributed by atoms with Crippen molar-refractivity contribution >= 4 is 11.6 Å². The standard InChI is InChI=1S/C21H22FN3O2/c1-14-5-4-6-18(15(14)2)24-20(26)12-25(3)13-21-23-11-19(27-21)16-7-9-17(22)10-8-16/h4-11H,12-13H2,1-3H3,(H,24,26). The molecule has 0 aliphatic rings. The second kappa shape index (κ2) is 8.14. The number of amides is 1. The van der Waals surface area contributed by atoms with Crippen LogP contribution in [0.4, 0.5) is 10.1 Å². The molecule has 1 N–H and O–H groups in total. The number of carbonyl (C=O) groups is 1. The lowest BCUT2D eigenvalue weighted by molar-refractivity contribution is -0.117. The summed E-state index contributed by atoms with van der Waals surface area (Å²) in [5.41, 5.74) is 3.77. The molecule has 1 heterocycles. The number of halogens is 1. The number of aryl methyl sites for hydroxylation is 1. The average Bonchev–Trinajstić information content (AvgIpc) is 3.07. The van der Waals surface area contributed by atoms with Crippen LogP contribution in [0.3, 0.4) is 0 Å². The number of nitrogens with zero attached hydrogens (tertiary/aromatic N) is 2. The minimum atomic E-state index is -0.298. The van der Waals surface area contributed by atoms with E-state index in [1.807, 2.05) is 44.0 Å². The number of carbonyl (C=O) groups excluding carboxylic acids is 1. The summed E-state index contributed by atoms with van der Waals surface area (Å²) in [6.07, 6.45) is 1.60. The summed E-state index contributed by atoms with van der Waals surface area (Å²) in [5, 5.41) is 2.94. The summed E-state index contributed by atoms with van der Waals surface area (Å²) in [5.74, 6) is 0.666. The van der Waals surface area contributed by atoms with E-state index in [-0.39, 0.29) is 18.3 Å². The summed E-state index contributed by atoms with van der Waals surface area (Å²) in [4.78, 5) is 18.4. The Labute approximate surface area is 157 Å². The molecule has 1 aromatic heterocycles. The Morgan fingerprint density at radius 2 is 1.93 bits per heavy atom. The Morgan fingerprint density at radius 3 is 2.67 bits per heavy atom. The highest BCUT2D eigenvalue weighted by Gasteiger charge is 2.13. The van der Waals surface area contributed by atoms with Gasteiger partial charge in [-0.15, -0.1) is 0 Å². The summed E-state index contributed by atoms with van der Waals surface area (Å²) in [6.45, 7) is 4.60. The van der Waals surface area contributed by atoms with E-state index in [0.29, 0.717) is 18.2 Å². The normalized spacial score (nSPS) is 11.0. The van der Waals surface area contributed by atoms with Gasteiger partial charge in [-0.05, 0) is 62.4 Å². The predicted octanol–water partition coefficient (Wildman–Crippen LogP) is 4.17. The number of anilines is 1. The molecule has 5 nitrogen and oxygen atoms in total. The molecule has 0 aliphatic carbocycles. The summed E-state index contributed by atoms with van der Waals surface area (Å²) in [7, 11) is 1.82. The van der Waals surface area contributed by atoms with Gasteiger partial charge in [0.25, 0.3) is 0 Å². The topological polar surface area (TPSA) is 58.4 Å². The first kappa shape index (κ1) is 18.8. The van der Waals surface area contributed by atoms with Gasteiger partial charge in [0, 0.05) is 11.3 Å². The first-order valence-corrected chi connectivity index (χ1v) is 8.67. The van der Waals surface area contributed by atoms with Gasteiger partial charge < -0.3 is 9.73 Å². The zero-order chi connectivity index (χ0) is 19.4. The fraction of sp³-hybridized carbons (Fsp3) is 0.238. The molecule has 0 saturated heterocycles. The lowest BCUT2D eigenvalue weighted by Gasteiger charge is -2.15. The zero-order valence-corrected chi connectivity index (χ0v) is 15.6. The van der Waals surface area contributed by atoms with E-state index in [0.717, 1.165) is 22.4 Å². The van der Waals surface area contributed by atoms with Crippen molar-refractivity contribution < 1.29 is 13.6 Å². The molecule has 27 heavy (non-hydrogen) atoms. The van der Waals surface area contributed by atoms with Crippen LogP contribution in [0.2, 0.25) is 0 Å². The van der Waals surface area contributed by atoms with Gasteiger partial charge in [-0.25, -0.2) is 9.37 Å². The van der Waals surface area contributed by atoms with Gasteiger partial charge in [-0.3, -0.25) is 9.69 Å². The largest absolute Gasteiger partial charge is 0.439 e. The molecule has 0 spiro atoms. The van der Waals surface area contributed by atoms with Gasteiger partial charge in [-0.2, -0.15) is 0 Å². The molecule has 0 saturated carbocycles. The summed E-state index contributed by atoms with van der Waals surface area (Å²) in [6, 6.07) is 11.9. The molecule has 3 aromatic rings. The highest BCUT2D eigenvalue weighted by Crippen LogP contribution is 2.21. The first-order valence-electron chi connectivity index (χ1n) is 8.67. The van der Waals surface area contributed by atoms with E-state index in [1.165, 1.54) is 12.1 Å². The van der Waals surface area contributed by atoms with Gasteiger partial charge in [0.1, 0.15) is 5.82 Å². The van der Waals surface area contributed by atoms with Crippen molar-refractivity contribution in [2.75, 3.05) is 18.9 Å². The van der Waals surface area contributed by atoms with Crippen molar-refractivity contribution in [2.24, 2.45) is 0 Å². The maximum absolute atomic E-state index is 13.0. The van der Waals surface area contributed by atoms with E-state index in [1.54, 1.807) is 18.3 Å². The van der Waals surface area contributed by atoms with Crippen molar-refractivity contribution in [3.8, 4) is 11.3 Å². The Balaban J connectivity index is 1.57. The third kappa shape index (κ3) is 4.80. The molecule has 0 radical (unpaired) electrons. The number of hydrogen-bond donors (Lipinski definition) is 1. The van der Waals surface area contributed by atoms with Crippen LogP contribution in [-0.2, 0) is 11.3 Å². The van der Waals surface area contributed by atoms with E-state index in [2.05, 4.69) is 10.3 Å². The number of rotatable bonds is 6. The fourth-order valence-corrected chi connectivity index (χ4v) is 2.74. The van der Waals surface area contributed by atoms with Crippen molar-refractivity contribution in [2.45, 2.75) is 20.4 Å². The van der Waals surface area contributed by atoms with E-state index < -0.39 is 0 Å². The van der Waals surface area contributed by atoms with Crippen molar-refractivity contribution in [3.05, 3.63) is 71.5 Å². The molecule has 0 fully saturated rings. The molecule has 0 aliphatic heterocycles. The predicted molar refractivity (Wildman–Crippen MR) is 103 cm³/mol. The minimum absolute atomic E-state index is 0.100. The second-order valence-electron chi connectivity index (χ2n) is 6.59. The van der Waals surface area contributed by atoms with Crippen LogP contribution in [0.25, 0.3) is 11.3 Å². The van der Waals surface area contributed by atoms with Crippen LogP contribution < -0.4 is 5.32 Å². The average molecular weight is 367 g/mol. The maximum Gasteiger partial charge on any atom is 0.238 e. The molecular weight excluding hydrogens is 345 g/mol. The fourth-order valence-electron chi connectivity index (χ4n) is 2.74. The molecule has 1 amide bonds. The first-order chi connectivity index (χ1) is 12.9. The molecule has 6 heteroatoms. The van der Waals surface area contributed by atoms with Crippen LogP contribution in [0, 0.1) is 19.7 Å². The third-order valence-corrected chi connectivity index (χ3v) is 4.38. The number of benzene rings is 2. The molecule has 140 valence electrons. The van der Waals surface area contributed by atoms with Crippen LogP contribution in [0.1, 0.15) is 17.0 Å². The second-order valence-corrected chi connectivity index (χ2v) is 6.59. The van der Waals surface area contributed by atoms with Crippen molar-refractivity contribution in [3.63, 3.8) is 0 Å². The Hall–Kier alpha value is -2.99. The molecule has 0 bridgehead atoms. The molecule has 3 rings (SSSR count). The van der Waals surface area contributed by atoms with Crippen molar-refractivity contribution in [1.82, 2.24) is 9.88 Å². The summed E-state index contributed by atoms with van der Waals surface area (Å²) >= 11 is 0. The molecule has 0 atom stereocenters. The lowest BCUT2D eigenvalue weighted by atomic mass is 10.1. The quantitative estimate of drug-likeness (QED) is 0.710.